The number of benzene rings is 1. The standard InChI is InChI=1S/C16H17N3/c1-18-16(14-11-7-4-8-12-14)19-15(17)13-9-5-2-3-6-10-13/h2-5,7-12,16,18H,1H3,(H2,17,19). The predicted molar refractivity (Wildman–Crippen MR) is 79.0 cm³/mol. The Morgan fingerprint density at radius 1 is 1.21 bits per heavy atom. The lowest BCUT2D eigenvalue weighted by molar-refractivity contribution is 0.559. The molecule has 1 unspecified atom stereocenters. The summed E-state index contributed by atoms with van der Waals surface area (Å²) >= 11 is 0. The lowest BCUT2D eigenvalue weighted by atomic mass is 10.1. The van der Waals surface area contributed by atoms with Crippen LogP contribution in [0.25, 0.3) is 0 Å². The molecule has 3 heteroatoms. The number of hydrogen-bond donors (Lipinski definition) is 3. The summed E-state index contributed by atoms with van der Waals surface area (Å²) in [7, 11) is 1.87. The first-order chi connectivity index (χ1) is 9.31. The Hall–Kier alpha value is -2.35. The maximum Gasteiger partial charge on any atom is 0.127 e. The fourth-order valence-corrected chi connectivity index (χ4v) is 1.81. The van der Waals surface area contributed by atoms with Gasteiger partial charge in [0.05, 0.1) is 0 Å². The number of hydrogen-bond acceptors (Lipinski definition) is 2. The second kappa shape index (κ2) is 6.55. The minimum atomic E-state index is -0.0841. The summed E-state index contributed by atoms with van der Waals surface area (Å²) in [5.41, 5.74) is 4.91. The minimum absolute atomic E-state index is 0.0841. The first kappa shape index (κ1) is 13.1. The van der Waals surface area contributed by atoms with E-state index in [2.05, 4.69) is 16.4 Å². The number of amidine groups is 1. The van der Waals surface area contributed by atoms with Crippen LogP contribution in [0.15, 0.2) is 72.0 Å². The van der Waals surface area contributed by atoms with Crippen LogP contribution in [0, 0.1) is 5.41 Å². The lowest BCUT2D eigenvalue weighted by Crippen LogP contribution is -2.36. The minimum Gasteiger partial charge on any atom is -0.351 e. The van der Waals surface area contributed by atoms with E-state index in [1.54, 1.807) is 6.08 Å². The van der Waals surface area contributed by atoms with E-state index in [-0.39, 0.29) is 6.17 Å². The third kappa shape index (κ3) is 3.55. The summed E-state index contributed by atoms with van der Waals surface area (Å²) in [4.78, 5) is 0. The molecule has 0 aliphatic heterocycles. The van der Waals surface area contributed by atoms with Crippen LogP contribution < -0.4 is 10.6 Å². The molecule has 0 saturated heterocycles. The average molecular weight is 251 g/mol. The van der Waals surface area contributed by atoms with Gasteiger partial charge in [-0.25, -0.2) is 0 Å². The van der Waals surface area contributed by atoms with Crippen LogP contribution >= 0.6 is 0 Å². The molecular weight excluding hydrogens is 234 g/mol. The van der Waals surface area contributed by atoms with Crippen LogP contribution in [0.4, 0.5) is 0 Å². The van der Waals surface area contributed by atoms with Gasteiger partial charge in [-0.3, -0.25) is 10.7 Å². The van der Waals surface area contributed by atoms with Crippen molar-refractivity contribution in [2.75, 3.05) is 7.05 Å². The molecule has 19 heavy (non-hydrogen) atoms. The van der Waals surface area contributed by atoms with E-state index in [4.69, 9.17) is 5.41 Å². The van der Waals surface area contributed by atoms with Gasteiger partial charge in [0.25, 0.3) is 0 Å². The van der Waals surface area contributed by atoms with Gasteiger partial charge in [-0.05, 0) is 24.8 Å². The van der Waals surface area contributed by atoms with E-state index in [0.717, 1.165) is 11.1 Å². The number of rotatable bonds is 4. The van der Waals surface area contributed by atoms with Crippen molar-refractivity contribution in [2.24, 2.45) is 0 Å². The Kier molecular flexibility index (Phi) is 4.51. The molecule has 2 rings (SSSR count). The molecule has 1 aromatic carbocycles. The first-order valence-electron chi connectivity index (χ1n) is 6.18. The highest BCUT2D eigenvalue weighted by Crippen LogP contribution is 2.10. The Bertz CT molecular complexity index is 561. The number of nitrogens with one attached hydrogen (secondary N) is 3. The van der Waals surface area contributed by atoms with Crippen LogP contribution in [0.5, 0.6) is 0 Å². The van der Waals surface area contributed by atoms with Gasteiger partial charge >= 0.3 is 0 Å². The van der Waals surface area contributed by atoms with Crippen molar-refractivity contribution < 1.29 is 0 Å². The lowest BCUT2D eigenvalue weighted by Gasteiger charge is -2.20. The molecule has 3 nitrogen and oxygen atoms in total. The zero-order valence-corrected chi connectivity index (χ0v) is 10.9. The summed E-state index contributed by atoms with van der Waals surface area (Å²) in [6.07, 6.45) is 9.22. The van der Waals surface area contributed by atoms with Crippen LogP contribution in [0.1, 0.15) is 11.7 Å². The fraction of sp³-hybridized carbons (Fsp3) is 0.125. The molecule has 0 spiro atoms. The molecule has 1 atom stereocenters. The molecule has 0 bridgehead atoms. The van der Waals surface area contributed by atoms with Crippen molar-refractivity contribution in [3.8, 4) is 0 Å². The summed E-state index contributed by atoms with van der Waals surface area (Å²) < 4.78 is 0. The topological polar surface area (TPSA) is 47.9 Å². The molecule has 0 aromatic heterocycles. The summed E-state index contributed by atoms with van der Waals surface area (Å²) in [6.45, 7) is 0. The van der Waals surface area contributed by atoms with Gasteiger partial charge in [0, 0.05) is 5.57 Å². The van der Waals surface area contributed by atoms with Crippen LogP contribution in [0.2, 0.25) is 0 Å². The van der Waals surface area contributed by atoms with Crippen molar-refractivity contribution in [1.29, 1.82) is 5.41 Å². The average Bonchev–Trinajstić information content (AvgIpc) is 2.74. The van der Waals surface area contributed by atoms with Crippen LogP contribution in [-0.4, -0.2) is 12.9 Å². The fourth-order valence-electron chi connectivity index (χ4n) is 1.81. The van der Waals surface area contributed by atoms with Crippen molar-refractivity contribution in [1.82, 2.24) is 10.6 Å². The van der Waals surface area contributed by atoms with Gasteiger partial charge in [0.15, 0.2) is 0 Å². The predicted octanol–water partition coefficient (Wildman–Crippen LogP) is 2.68. The Labute approximate surface area is 113 Å². The maximum atomic E-state index is 8.12. The SMILES string of the molecule is CNC(NC(=N)C1=CC=CC=C=C1)c1ccccc1. The van der Waals surface area contributed by atoms with Gasteiger partial charge in [-0.2, -0.15) is 0 Å². The second-order valence-corrected chi connectivity index (χ2v) is 4.14. The Balaban J connectivity index is 2.11. The van der Waals surface area contributed by atoms with E-state index in [0.29, 0.717) is 5.84 Å². The maximum absolute atomic E-state index is 8.12. The van der Waals surface area contributed by atoms with Gasteiger partial charge in [0.2, 0.25) is 0 Å². The van der Waals surface area contributed by atoms with Gasteiger partial charge in [0.1, 0.15) is 12.0 Å². The van der Waals surface area contributed by atoms with Crippen molar-refractivity contribution in [3.05, 3.63) is 77.6 Å². The first-order valence-corrected chi connectivity index (χ1v) is 6.18. The van der Waals surface area contributed by atoms with E-state index < -0.39 is 0 Å². The van der Waals surface area contributed by atoms with Gasteiger partial charge < -0.3 is 5.32 Å². The zero-order chi connectivity index (χ0) is 13.5. The third-order valence-electron chi connectivity index (χ3n) is 2.82. The molecule has 0 amide bonds. The highest BCUT2D eigenvalue weighted by atomic mass is 15.1. The number of allylic oxidation sites excluding steroid dienone is 3. The highest BCUT2D eigenvalue weighted by Gasteiger charge is 2.11. The molecule has 1 aromatic rings. The van der Waals surface area contributed by atoms with Gasteiger partial charge in [-0.1, -0.05) is 48.6 Å². The molecule has 96 valence electrons. The normalized spacial score (nSPS) is 14.7. The van der Waals surface area contributed by atoms with E-state index in [1.807, 2.05) is 61.7 Å². The second-order valence-electron chi connectivity index (χ2n) is 4.14. The van der Waals surface area contributed by atoms with Crippen molar-refractivity contribution >= 4 is 5.84 Å². The quantitative estimate of drug-likeness (QED) is 0.333. The summed E-state index contributed by atoms with van der Waals surface area (Å²) in [5.74, 6) is 0.371. The van der Waals surface area contributed by atoms with Crippen LogP contribution in [0.3, 0.4) is 0 Å². The molecule has 0 heterocycles. The highest BCUT2D eigenvalue weighted by molar-refractivity contribution is 5.99. The summed E-state index contributed by atoms with van der Waals surface area (Å²) in [5, 5.41) is 14.5. The monoisotopic (exact) mass is 251 g/mol. The van der Waals surface area contributed by atoms with Crippen molar-refractivity contribution in [2.45, 2.75) is 6.17 Å². The van der Waals surface area contributed by atoms with Gasteiger partial charge in [-0.15, -0.1) is 5.73 Å². The molecule has 0 fully saturated rings. The van der Waals surface area contributed by atoms with E-state index >= 15 is 0 Å². The smallest absolute Gasteiger partial charge is 0.127 e. The molecule has 1 aliphatic rings. The zero-order valence-electron chi connectivity index (χ0n) is 10.9. The van der Waals surface area contributed by atoms with Crippen molar-refractivity contribution in [3.63, 3.8) is 0 Å². The Morgan fingerprint density at radius 2 is 2.00 bits per heavy atom. The van der Waals surface area contributed by atoms with E-state index in [1.165, 1.54) is 0 Å². The molecule has 0 saturated carbocycles. The van der Waals surface area contributed by atoms with E-state index in [9.17, 15) is 0 Å². The third-order valence-corrected chi connectivity index (χ3v) is 2.82. The van der Waals surface area contributed by atoms with Crippen LogP contribution in [-0.2, 0) is 0 Å². The molecule has 1 aliphatic carbocycles. The Morgan fingerprint density at radius 3 is 2.74 bits per heavy atom. The molecule has 0 radical (unpaired) electrons. The molecular formula is C16H17N3. The molecule has 3 N–H and O–H groups in total. The summed E-state index contributed by atoms with van der Waals surface area (Å²) in [6, 6.07) is 10.0. The largest absolute Gasteiger partial charge is 0.351 e.